The molecule has 2 heterocycles. The third-order valence-electron chi connectivity index (χ3n) is 5.09. The maximum absolute atomic E-state index is 12.4. The summed E-state index contributed by atoms with van der Waals surface area (Å²) in [6.07, 6.45) is 3.39. The second-order valence-corrected chi connectivity index (χ2v) is 8.29. The van der Waals surface area contributed by atoms with Gasteiger partial charge in [0.1, 0.15) is 11.8 Å². The average Bonchev–Trinajstić information content (AvgIpc) is 3.37. The summed E-state index contributed by atoms with van der Waals surface area (Å²) < 4.78 is 11.2. The number of nitrogens with zero attached hydrogens (tertiary/aromatic N) is 3. The van der Waals surface area contributed by atoms with Crippen molar-refractivity contribution >= 4 is 28.8 Å². The number of oxazole rings is 2. The first-order chi connectivity index (χ1) is 14.5. The van der Waals surface area contributed by atoms with Crippen molar-refractivity contribution in [3.05, 3.63) is 41.6 Å². The standard InChI is InChI=1S/C22H30N4O3S/c1-5-26(6-2)12-8-10-16(4)23-21(27)17-13-28-19(24-17)14-30-22-25-20-15(3)9-7-11-18(20)29-22/h7,9,11,13,16H,5-6,8,10,12,14H2,1-4H3,(H,23,27). The van der Waals surface area contributed by atoms with E-state index in [0.717, 1.165) is 49.1 Å². The van der Waals surface area contributed by atoms with Crippen LogP contribution < -0.4 is 5.32 Å². The fraction of sp³-hybridized carbons (Fsp3) is 0.500. The van der Waals surface area contributed by atoms with E-state index in [2.05, 4.69) is 34.0 Å². The molecule has 0 bridgehead atoms. The molecule has 3 aromatic rings. The lowest BCUT2D eigenvalue weighted by atomic mass is 10.1. The van der Waals surface area contributed by atoms with Crippen molar-refractivity contribution in [2.75, 3.05) is 19.6 Å². The van der Waals surface area contributed by atoms with Crippen LogP contribution in [-0.2, 0) is 5.75 Å². The predicted octanol–water partition coefficient (Wildman–Crippen LogP) is 4.66. The van der Waals surface area contributed by atoms with Crippen molar-refractivity contribution in [1.29, 1.82) is 0 Å². The molecule has 0 saturated carbocycles. The van der Waals surface area contributed by atoms with Gasteiger partial charge >= 0.3 is 0 Å². The first kappa shape index (κ1) is 22.4. The smallest absolute Gasteiger partial charge is 0.273 e. The third-order valence-corrected chi connectivity index (χ3v) is 5.90. The number of fused-ring (bicyclic) bond motifs is 1. The van der Waals surface area contributed by atoms with Crippen molar-refractivity contribution in [2.24, 2.45) is 0 Å². The molecule has 1 amide bonds. The molecule has 0 saturated heterocycles. The van der Waals surface area contributed by atoms with Gasteiger partial charge in [-0.15, -0.1) is 0 Å². The Labute approximate surface area is 181 Å². The molecule has 8 heteroatoms. The number of amides is 1. The number of para-hydroxylation sites is 1. The minimum Gasteiger partial charge on any atom is -0.447 e. The van der Waals surface area contributed by atoms with E-state index in [0.29, 0.717) is 22.6 Å². The lowest BCUT2D eigenvalue weighted by molar-refractivity contribution is 0.0932. The Morgan fingerprint density at radius 3 is 2.80 bits per heavy atom. The Hall–Kier alpha value is -2.32. The van der Waals surface area contributed by atoms with Crippen LogP contribution in [0.2, 0.25) is 0 Å². The average molecular weight is 431 g/mol. The first-order valence-electron chi connectivity index (χ1n) is 10.5. The predicted molar refractivity (Wildman–Crippen MR) is 119 cm³/mol. The molecule has 1 unspecified atom stereocenters. The van der Waals surface area contributed by atoms with Crippen LogP contribution in [0, 0.1) is 6.92 Å². The van der Waals surface area contributed by atoms with E-state index < -0.39 is 0 Å². The number of aryl methyl sites for hydroxylation is 1. The topological polar surface area (TPSA) is 84.4 Å². The van der Waals surface area contributed by atoms with E-state index in [4.69, 9.17) is 8.83 Å². The van der Waals surface area contributed by atoms with E-state index in [1.165, 1.54) is 18.0 Å². The van der Waals surface area contributed by atoms with Gasteiger partial charge in [-0.3, -0.25) is 4.79 Å². The van der Waals surface area contributed by atoms with E-state index in [-0.39, 0.29) is 11.9 Å². The molecule has 0 aliphatic rings. The van der Waals surface area contributed by atoms with Gasteiger partial charge in [-0.25, -0.2) is 9.97 Å². The van der Waals surface area contributed by atoms with Crippen molar-refractivity contribution in [3.8, 4) is 0 Å². The molecule has 7 nitrogen and oxygen atoms in total. The zero-order valence-electron chi connectivity index (χ0n) is 18.1. The van der Waals surface area contributed by atoms with Crippen molar-refractivity contribution < 1.29 is 13.6 Å². The number of benzene rings is 1. The summed E-state index contributed by atoms with van der Waals surface area (Å²) in [4.78, 5) is 23.6. The molecule has 0 aliphatic carbocycles. The van der Waals surface area contributed by atoms with Crippen LogP contribution >= 0.6 is 11.8 Å². The number of carbonyl (C=O) groups excluding carboxylic acids is 1. The van der Waals surface area contributed by atoms with Crippen molar-refractivity contribution in [3.63, 3.8) is 0 Å². The van der Waals surface area contributed by atoms with Gasteiger partial charge in [0.25, 0.3) is 11.1 Å². The van der Waals surface area contributed by atoms with Crippen LogP contribution in [0.3, 0.4) is 0 Å². The van der Waals surface area contributed by atoms with Gasteiger partial charge < -0.3 is 19.1 Å². The molecule has 0 fully saturated rings. The normalized spacial score (nSPS) is 12.6. The third kappa shape index (κ3) is 5.86. The van der Waals surface area contributed by atoms with Crippen LogP contribution in [0.15, 0.2) is 38.5 Å². The van der Waals surface area contributed by atoms with Gasteiger partial charge in [-0.05, 0) is 58.0 Å². The molecule has 30 heavy (non-hydrogen) atoms. The number of aromatic nitrogens is 2. The highest BCUT2D eigenvalue weighted by atomic mass is 32.2. The van der Waals surface area contributed by atoms with Gasteiger partial charge in [0.2, 0.25) is 5.89 Å². The summed E-state index contributed by atoms with van der Waals surface area (Å²) in [5.74, 6) is 0.708. The number of rotatable bonds is 11. The molecule has 2 aromatic heterocycles. The number of carbonyl (C=O) groups is 1. The summed E-state index contributed by atoms with van der Waals surface area (Å²) >= 11 is 1.39. The van der Waals surface area contributed by atoms with Crippen LogP contribution in [0.25, 0.3) is 11.1 Å². The number of hydrogen-bond donors (Lipinski definition) is 1. The van der Waals surface area contributed by atoms with Crippen LogP contribution in [-0.4, -0.2) is 46.5 Å². The van der Waals surface area contributed by atoms with E-state index >= 15 is 0 Å². The first-order valence-corrected chi connectivity index (χ1v) is 11.4. The molecule has 1 N–H and O–H groups in total. The molecule has 3 rings (SSSR count). The Morgan fingerprint density at radius 1 is 1.27 bits per heavy atom. The van der Waals surface area contributed by atoms with Gasteiger partial charge in [0, 0.05) is 6.04 Å². The molecule has 1 atom stereocenters. The summed E-state index contributed by atoms with van der Waals surface area (Å²) in [7, 11) is 0. The zero-order chi connectivity index (χ0) is 21.5. The maximum Gasteiger partial charge on any atom is 0.273 e. The minimum absolute atomic E-state index is 0.0885. The zero-order valence-corrected chi connectivity index (χ0v) is 18.9. The molecule has 162 valence electrons. The highest BCUT2D eigenvalue weighted by Crippen LogP contribution is 2.27. The molecular weight excluding hydrogens is 400 g/mol. The fourth-order valence-corrected chi connectivity index (χ4v) is 3.95. The van der Waals surface area contributed by atoms with Crippen LogP contribution in [0.4, 0.5) is 0 Å². The Bertz CT molecular complexity index is 964. The fourth-order valence-electron chi connectivity index (χ4n) is 3.26. The second kappa shape index (κ2) is 10.6. The number of hydrogen-bond acceptors (Lipinski definition) is 7. The van der Waals surface area contributed by atoms with Gasteiger partial charge in [-0.2, -0.15) is 0 Å². The Kier molecular flexibility index (Phi) is 7.93. The van der Waals surface area contributed by atoms with Gasteiger partial charge in [0.15, 0.2) is 11.3 Å². The van der Waals surface area contributed by atoms with E-state index in [1.54, 1.807) is 0 Å². The summed E-state index contributed by atoms with van der Waals surface area (Å²) in [6.45, 7) is 11.5. The number of nitrogens with one attached hydrogen (secondary N) is 1. The van der Waals surface area contributed by atoms with E-state index in [9.17, 15) is 4.79 Å². The molecular formula is C22H30N4O3S. The quantitative estimate of drug-likeness (QED) is 0.443. The summed E-state index contributed by atoms with van der Waals surface area (Å²) in [6, 6.07) is 5.94. The van der Waals surface area contributed by atoms with Gasteiger partial charge in [0.05, 0.1) is 5.75 Å². The van der Waals surface area contributed by atoms with Crippen LogP contribution in [0.5, 0.6) is 0 Å². The molecule has 1 aromatic carbocycles. The summed E-state index contributed by atoms with van der Waals surface area (Å²) in [5, 5.41) is 3.56. The maximum atomic E-state index is 12.4. The van der Waals surface area contributed by atoms with Crippen LogP contribution in [0.1, 0.15) is 55.6 Å². The monoisotopic (exact) mass is 430 g/mol. The number of thioether (sulfide) groups is 1. The summed E-state index contributed by atoms with van der Waals surface area (Å²) in [5.41, 5.74) is 3.00. The molecule has 0 radical (unpaired) electrons. The largest absolute Gasteiger partial charge is 0.447 e. The molecule has 0 aliphatic heterocycles. The minimum atomic E-state index is -0.206. The lowest BCUT2D eigenvalue weighted by Gasteiger charge is -2.19. The molecule has 0 spiro atoms. The Morgan fingerprint density at radius 2 is 2.07 bits per heavy atom. The van der Waals surface area contributed by atoms with Crippen molar-refractivity contribution in [2.45, 2.75) is 57.6 Å². The lowest BCUT2D eigenvalue weighted by Crippen LogP contribution is -2.33. The SMILES string of the molecule is CCN(CC)CCCC(C)NC(=O)c1coc(CSc2nc3c(C)cccc3o2)n1. The second-order valence-electron chi connectivity index (χ2n) is 7.36. The highest BCUT2D eigenvalue weighted by Gasteiger charge is 2.16. The van der Waals surface area contributed by atoms with Crippen molar-refractivity contribution in [1.82, 2.24) is 20.2 Å². The Balaban J connectivity index is 1.47. The van der Waals surface area contributed by atoms with E-state index in [1.807, 2.05) is 32.0 Å². The van der Waals surface area contributed by atoms with Gasteiger partial charge in [-0.1, -0.05) is 37.7 Å². The highest BCUT2D eigenvalue weighted by molar-refractivity contribution is 7.98.